The average molecular weight is 408 g/mol. The van der Waals surface area contributed by atoms with Crippen LogP contribution in [0, 0.1) is 17.0 Å². The van der Waals surface area contributed by atoms with Crippen molar-refractivity contribution in [3.8, 4) is 5.75 Å². The zero-order chi connectivity index (χ0) is 21.7. The first-order valence-electron chi connectivity index (χ1n) is 9.68. The zero-order valence-corrected chi connectivity index (χ0v) is 17.2. The maximum atomic E-state index is 12.6. The van der Waals surface area contributed by atoms with Crippen molar-refractivity contribution in [1.82, 2.24) is 15.1 Å². The average Bonchev–Trinajstić information content (AvgIpc) is 3.22. The number of nitrogens with zero attached hydrogens (tertiary/aromatic N) is 3. The normalized spacial score (nSPS) is 11.7. The number of nitro groups is 1. The predicted molar refractivity (Wildman–Crippen MR) is 112 cm³/mol. The van der Waals surface area contributed by atoms with Gasteiger partial charge in [-0.15, -0.1) is 0 Å². The molecule has 156 valence electrons. The van der Waals surface area contributed by atoms with Crippen LogP contribution in [0.3, 0.4) is 0 Å². The van der Waals surface area contributed by atoms with Crippen molar-refractivity contribution in [3.05, 3.63) is 87.2 Å². The summed E-state index contributed by atoms with van der Waals surface area (Å²) in [6.45, 7) is 6.59. The van der Waals surface area contributed by atoms with Gasteiger partial charge in [0.2, 0.25) is 0 Å². The molecule has 1 atom stereocenters. The Bertz CT molecular complexity index is 1060. The zero-order valence-electron chi connectivity index (χ0n) is 17.2. The van der Waals surface area contributed by atoms with Crippen LogP contribution in [0.25, 0.3) is 0 Å². The topological polar surface area (TPSA) is 99.3 Å². The lowest BCUT2D eigenvalue weighted by molar-refractivity contribution is -0.385. The monoisotopic (exact) mass is 408 g/mol. The molecule has 0 spiro atoms. The van der Waals surface area contributed by atoms with Crippen molar-refractivity contribution in [2.75, 3.05) is 0 Å². The maximum Gasteiger partial charge on any atom is 0.272 e. The van der Waals surface area contributed by atoms with E-state index in [0.717, 1.165) is 17.8 Å². The van der Waals surface area contributed by atoms with E-state index >= 15 is 0 Å². The summed E-state index contributed by atoms with van der Waals surface area (Å²) >= 11 is 0. The number of nitrogens with one attached hydrogen (secondary N) is 1. The van der Waals surface area contributed by atoms with Crippen molar-refractivity contribution in [1.29, 1.82) is 0 Å². The first-order valence-corrected chi connectivity index (χ1v) is 9.68. The van der Waals surface area contributed by atoms with Gasteiger partial charge in [0.05, 0.1) is 16.7 Å². The molecular formula is C22H24N4O4. The molecule has 0 radical (unpaired) electrons. The SMILES string of the molecule is CCn1ccc(C(C)NC(=O)c2cccc(COc3ccc([N+](=O)[O-])c(C)c3)c2)n1. The van der Waals surface area contributed by atoms with Gasteiger partial charge in [-0.25, -0.2) is 0 Å². The van der Waals surface area contributed by atoms with Crippen molar-refractivity contribution < 1.29 is 14.5 Å². The fourth-order valence-electron chi connectivity index (χ4n) is 3.03. The fourth-order valence-corrected chi connectivity index (χ4v) is 3.03. The van der Waals surface area contributed by atoms with Crippen LogP contribution >= 0.6 is 0 Å². The minimum absolute atomic E-state index is 0.0545. The number of carbonyl (C=O) groups excluding carboxylic acids is 1. The number of carbonyl (C=O) groups is 1. The van der Waals surface area contributed by atoms with E-state index < -0.39 is 4.92 Å². The van der Waals surface area contributed by atoms with Gasteiger partial charge < -0.3 is 10.1 Å². The summed E-state index contributed by atoms with van der Waals surface area (Å²) in [5, 5.41) is 18.3. The van der Waals surface area contributed by atoms with E-state index in [1.165, 1.54) is 6.07 Å². The van der Waals surface area contributed by atoms with Gasteiger partial charge in [0.1, 0.15) is 12.4 Å². The van der Waals surface area contributed by atoms with Crippen molar-refractivity contribution >= 4 is 11.6 Å². The van der Waals surface area contributed by atoms with Gasteiger partial charge in [-0.2, -0.15) is 5.10 Å². The van der Waals surface area contributed by atoms with E-state index in [-0.39, 0.29) is 24.2 Å². The van der Waals surface area contributed by atoms with Gasteiger partial charge in [0, 0.05) is 29.9 Å². The molecule has 3 aromatic rings. The van der Waals surface area contributed by atoms with E-state index in [9.17, 15) is 14.9 Å². The van der Waals surface area contributed by atoms with Gasteiger partial charge in [-0.1, -0.05) is 12.1 Å². The third-order valence-corrected chi connectivity index (χ3v) is 4.74. The molecule has 1 aromatic heterocycles. The van der Waals surface area contributed by atoms with Crippen LogP contribution < -0.4 is 10.1 Å². The number of aromatic nitrogens is 2. The third kappa shape index (κ3) is 5.02. The Morgan fingerprint density at radius 2 is 2.07 bits per heavy atom. The quantitative estimate of drug-likeness (QED) is 0.445. The first kappa shape index (κ1) is 21.0. The molecule has 0 aliphatic heterocycles. The summed E-state index contributed by atoms with van der Waals surface area (Å²) in [5.41, 5.74) is 2.74. The standard InChI is InChI=1S/C22H24N4O4/c1-4-25-11-10-20(24-25)16(3)23-22(27)18-7-5-6-17(13-18)14-30-19-8-9-21(26(28)29)15(2)12-19/h5-13,16H,4,14H2,1-3H3,(H,23,27). The minimum atomic E-state index is -0.422. The van der Waals surface area contributed by atoms with Crippen LogP contribution in [-0.2, 0) is 13.2 Å². The highest BCUT2D eigenvalue weighted by molar-refractivity contribution is 5.94. The molecule has 0 saturated heterocycles. The van der Waals surface area contributed by atoms with Gasteiger partial charge in [-0.05, 0) is 56.7 Å². The van der Waals surface area contributed by atoms with E-state index in [0.29, 0.717) is 16.9 Å². The molecule has 0 aliphatic rings. The molecule has 0 saturated carbocycles. The molecule has 0 fully saturated rings. The Morgan fingerprint density at radius 1 is 1.27 bits per heavy atom. The Kier molecular flexibility index (Phi) is 6.46. The summed E-state index contributed by atoms with van der Waals surface area (Å²) in [4.78, 5) is 23.1. The van der Waals surface area contributed by atoms with Crippen LogP contribution in [0.4, 0.5) is 5.69 Å². The number of hydrogen-bond acceptors (Lipinski definition) is 5. The second kappa shape index (κ2) is 9.21. The summed E-state index contributed by atoms with van der Waals surface area (Å²) in [5.74, 6) is 0.342. The highest BCUT2D eigenvalue weighted by Gasteiger charge is 2.14. The Hall–Kier alpha value is -3.68. The summed E-state index contributed by atoms with van der Waals surface area (Å²) in [6, 6.07) is 13.5. The molecule has 0 bridgehead atoms. The Labute approximate surface area is 174 Å². The molecule has 2 aromatic carbocycles. The molecule has 1 heterocycles. The summed E-state index contributed by atoms with van der Waals surface area (Å²) < 4.78 is 7.56. The van der Waals surface area contributed by atoms with Crippen molar-refractivity contribution in [3.63, 3.8) is 0 Å². The second-order valence-electron chi connectivity index (χ2n) is 6.99. The highest BCUT2D eigenvalue weighted by Crippen LogP contribution is 2.24. The van der Waals surface area contributed by atoms with E-state index in [1.807, 2.05) is 36.9 Å². The summed E-state index contributed by atoms with van der Waals surface area (Å²) in [7, 11) is 0. The Morgan fingerprint density at radius 3 is 2.73 bits per heavy atom. The van der Waals surface area contributed by atoms with Gasteiger partial charge in [0.25, 0.3) is 11.6 Å². The smallest absolute Gasteiger partial charge is 0.272 e. The van der Waals surface area contributed by atoms with Gasteiger partial charge >= 0.3 is 0 Å². The molecule has 8 heteroatoms. The fraction of sp³-hybridized carbons (Fsp3) is 0.273. The predicted octanol–water partition coefficient (Wildman–Crippen LogP) is 4.19. The Balaban J connectivity index is 1.63. The lowest BCUT2D eigenvalue weighted by atomic mass is 10.1. The number of rotatable bonds is 8. The minimum Gasteiger partial charge on any atom is -0.489 e. The molecular weight excluding hydrogens is 384 g/mol. The maximum absolute atomic E-state index is 12.6. The number of nitro benzene ring substituents is 1. The van der Waals surface area contributed by atoms with Crippen molar-refractivity contribution in [2.45, 2.75) is 40.0 Å². The van der Waals surface area contributed by atoms with Gasteiger partial charge in [-0.3, -0.25) is 19.6 Å². The second-order valence-corrected chi connectivity index (χ2v) is 6.99. The van der Waals surface area contributed by atoms with E-state index in [4.69, 9.17) is 4.74 Å². The molecule has 1 amide bonds. The van der Waals surface area contributed by atoms with Crippen LogP contribution in [0.15, 0.2) is 54.7 Å². The number of hydrogen-bond donors (Lipinski definition) is 1. The molecule has 30 heavy (non-hydrogen) atoms. The number of benzene rings is 2. The van der Waals surface area contributed by atoms with Crippen LogP contribution in [0.1, 0.15) is 47.1 Å². The largest absolute Gasteiger partial charge is 0.489 e. The van der Waals surface area contributed by atoms with E-state index in [2.05, 4.69) is 10.4 Å². The summed E-state index contributed by atoms with van der Waals surface area (Å²) in [6.07, 6.45) is 1.88. The molecule has 1 N–H and O–H groups in total. The lowest BCUT2D eigenvalue weighted by Gasteiger charge is -2.13. The van der Waals surface area contributed by atoms with Crippen molar-refractivity contribution in [2.24, 2.45) is 0 Å². The molecule has 3 rings (SSSR count). The molecule has 0 aliphatic carbocycles. The van der Waals surface area contributed by atoms with Crippen LogP contribution in [-0.4, -0.2) is 20.6 Å². The molecule has 8 nitrogen and oxygen atoms in total. The number of aryl methyl sites for hydroxylation is 2. The van der Waals surface area contributed by atoms with Gasteiger partial charge in [0.15, 0.2) is 0 Å². The first-order chi connectivity index (χ1) is 14.4. The van der Waals surface area contributed by atoms with E-state index in [1.54, 1.807) is 37.3 Å². The highest BCUT2D eigenvalue weighted by atomic mass is 16.6. The third-order valence-electron chi connectivity index (χ3n) is 4.74. The lowest BCUT2D eigenvalue weighted by Crippen LogP contribution is -2.27. The van der Waals surface area contributed by atoms with Crippen LogP contribution in [0.2, 0.25) is 0 Å². The number of ether oxygens (including phenoxy) is 1. The molecule has 1 unspecified atom stereocenters. The van der Waals surface area contributed by atoms with Crippen LogP contribution in [0.5, 0.6) is 5.75 Å². The number of amides is 1.